The van der Waals surface area contributed by atoms with E-state index >= 15 is 0 Å². The van der Waals surface area contributed by atoms with Crippen molar-refractivity contribution in [2.75, 3.05) is 13.7 Å². The van der Waals surface area contributed by atoms with E-state index < -0.39 is 18.2 Å². The first-order valence-corrected chi connectivity index (χ1v) is 8.13. The number of rotatable bonds is 7. The fourth-order valence-corrected chi connectivity index (χ4v) is 2.61. The second-order valence-electron chi connectivity index (χ2n) is 5.84. The van der Waals surface area contributed by atoms with Crippen molar-refractivity contribution in [1.82, 2.24) is 10.6 Å². The second-order valence-corrected chi connectivity index (χ2v) is 5.84. The number of carbonyl (C=O) groups is 2. The van der Waals surface area contributed by atoms with Gasteiger partial charge in [-0.05, 0) is 17.7 Å². The lowest BCUT2D eigenvalue weighted by Crippen LogP contribution is -2.48. The molecule has 7 heteroatoms. The second kappa shape index (κ2) is 9.19. The van der Waals surface area contributed by atoms with Crippen LogP contribution in [0.3, 0.4) is 0 Å². The third-order valence-electron chi connectivity index (χ3n) is 3.84. The van der Waals surface area contributed by atoms with Crippen LogP contribution >= 0.6 is 0 Å². The van der Waals surface area contributed by atoms with Crippen molar-refractivity contribution in [2.24, 2.45) is 0 Å². The zero-order chi connectivity index (χ0) is 18.2. The first kappa shape index (κ1) is 19.0. The number of methoxy groups -OCH3 is 1. The topological polar surface area (TPSA) is 96.9 Å². The molecule has 1 aliphatic rings. The number of amides is 2. The standard InChI is InChI=1S/C18H24N2O5/c1-12(22)20-16-7-6-15(25-17(16)11-21)9-18(23)19-10-13-4-3-5-14(8-13)24-2/h3-8,15-17,21H,9-11H2,1-2H3,(H,19,23)(H,20,22)/t15-,16+,17+/m1/s1. The highest BCUT2D eigenvalue weighted by Crippen LogP contribution is 2.16. The average molecular weight is 348 g/mol. The Bertz CT molecular complexity index is 632. The highest BCUT2D eigenvalue weighted by atomic mass is 16.5. The molecule has 0 fully saturated rings. The van der Waals surface area contributed by atoms with Crippen molar-refractivity contribution < 1.29 is 24.2 Å². The van der Waals surface area contributed by atoms with Crippen LogP contribution in [-0.4, -0.2) is 48.9 Å². The number of aliphatic hydroxyl groups excluding tert-OH is 1. The Morgan fingerprint density at radius 2 is 2.12 bits per heavy atom. The summed E-state index contributed by atoms with van der Waals surface area (Å²) in [5.41, 5.74) is 0.937. The third kappa shape index (κ3) is 5.88. The summed E-state index contributed by atoms with van der Waals surface area (Å²) >= 11 is 0. The van der Waals surface area contributed by atoms with Crippen molar-refractivity contribution >= 4 is 11.8 Å². The van der Waals surface area contributed by atoms with Crippen LogP contribution in [0, 0.1) is 0 Å². The van der Waals surface area contributed by atoms with Crippen LogP contribution in [0.1, 0.15) is 18.9 Å². The monoisotopic (exact) mass is 348 g/mol. The minimum Gasteiger partial charge on any atom is -0.497 e. The molecule has 0 aromatic heterocycles. The average Bonchev–Trinajstić information content (AvgIpc) is 2.61. The van der Waals surface area contributed by atoms with Gasteiger partial charge in [0.05, 0.1) is 32.3 Å². The summed E-state index contributed by atoms with van der Waals surface area (Å²) in [6.07, 6.45) is 2.63. The van der Waals surface area contributed by atoms with E-state index in [0.29, 0.717) is 6.54 Å². The lowest BCUT2D eigenvalue weighted by Gasteiger charge is -2.31. The predicted octanol–water partition coefficient (Wildman–Crippen LogP) is 0.522. The Hall–Kier alpha value is -2.38. The molecular formula is C18H24N2O5. The Morgan fingerprint density at radius 3 is 2.80 bits per heavy atom. The van der Waals surface area contributed by atoms with Gasteiger partial charge in [-0.2, -0.15) is 0 Å². The largest absolute Gasteiger partial charge is 0.497 e. The van der Waals surface area contributed by atoms with Gasteiger partial charge < -0.3 is 25.2 Å². The molecule has 7 nitrogen and oxygen atoms in total. The normalized spacial score (nSPS) is 22.3. The molecule has 136 valence electrons. The van der Waals surface area contributed by atoms with E-state index in [1.165, 1.54) is 6.92 Å². The molecule has 2 rings (SSSR count). The van der Waals surface area contributed by atoms with Gasteiger partial charge in [-0.3, -0.25) is 9.59 Å². The first-order valence-electron chi connectivity index (χ1n) is 8.13. The maximum atomic E-state index is 12.1. The number of carbonyl (C=O) groups excluding carboxylic acids is 2. The number of aliphatic hydroxyl groups is 1. The number of hydrogen-bond donors (Lipinski definition) is 3. The number of hydrogen-bond acceptors (Lipinski definition) is 5. The van der Waals surface area contributed by atoms with E-state index in [9.17, 15) is 14.7 Å². The fourth-order valence-electron chi connectivity index (χ4n) is 2.61. The number of ether oxygens (including phenoxy) is 2. The Balaban J connectivity index is 1.84. The molecule has 3 atom stereocenters. The van der Waals surface area contributed by atoms with Gasteiger partial charge >= 0.3 is 0 Å². The zero-order valence-electron chi connectivity index (χ0n) is 14.4. The molecule has 0 aliphatic carbocycles. The van der Waals surface area contributed by atoms with Gasteiger partial charge in [0.15, 0.2) is 0 Å². The maximum Gasteiger partial charge on any atom is 0.223 e. The van der Waals surface area contributed by atoms with Crippen LogP contribution in [0.4, 0.5) is 0 Å². The molecule has 1 aromatic rings. The quantitative estimate of drug-likeness (QED) is 0.624. The van der Waals surface area contributed by atoms with Gasteiger partial charge in [-0.1, -0.05) is 24.3 Å². The molecular weight excluding hydrogens is 324 g/mol. The highest BCUT2D eigenvalue weighted by Gasteiger charge is 2.28. The van der Waals surface area contributed by atoms with E-state index in [1.807, 2.05) is 24.3 Å². The summed E-state index contributed by atoms with van der Waals surface area (Å²) in [6.45, 7) is 1.56. The molecule has 3 N–H and O–H groups in total. The molecule has 1 aromatic carbocycles. The van der Waals surface area contributed by atoms with Crippen LogP contribution in [0.2, 0.25) is 0 Å². The van der Waals surface area contributed by atoms with Crippen LogP contribution in [-0.2, 0) is 20.9 Å². The van der Waals surface area contributed by atoms with Gasteiger partial charge in [0, 0.05) is 13.5 Å². The molecule has 25 heavy (non-hydrogen) atoms. The molecule has 1 aliphatic heterocycles. The Morgan fingerprint density at radius 1 is 1.32 bits per heavy atom. The SMILES string of the molecule is COc1cccc(CNC(=O)C[C@H]2C=C[C@H](NC(C)=O)[C@H](CO)O2)c1. The maximum absolute atomic E-state index is 12.1. The molecule has 0 radical (unpaired) electrons. The Labute approximate surface area is 147 Å². The third-order valence-corrected chi connectivity index (χ3v) is 3.84. The van der Waals surface area contributed by atoms with Crippen molar-refractivity contribution in [3.05, 3.63) is 42.0 Å². The molecule has 0 unspecified atom stereocenters. The van der Waals surface area contributed by atoms with E-state index in [0.717, 1.165) is 11.3 Å². The summed E-state index contributed by atoms with van der Waals surface area (Å²) in [7, 11) is 1.59. The van der Waals surface area contributed by atoms with Crippen molar-refractivity contribution in [2.45, 2.75) is 38.1 Å². The van der Waals surface area contributed by atoms with Crippen molar-refractivity contribution in [3.8, 4) is 5.75 Å². The number of benzene rings is 1. The minimum absolute atomic E-state index is 0.143. The lowest BCUT2D eigenvalue weighted by atomic mass is 10.0. The molecule has 0 bridgehead atoms. The lowest BCUT2D eigenvalue weighted by molar-refractivity contribution is -0.127. The van der Waals surface area contributed by atoms with E-state index in [2.05, 4.69) is 10.6 Å². The van der Waals surface area contributed by atoms with Gasteiger partial charge in [-0.25, -0.2) is 0 Å². The highest BCUT2D eigenvalue weighted by molar-refractivity contribution is 5.77. The smallest absolute Gasteiger partial charge is 0.223 e. The van der Waals surface area contributed by atoms with E-state index in [-0.39, 0.29) is 24.8 Å². The first-order chi connectivity index (χ1) is 12.0. The van der Waals surface area contributed by atoms with Gasteiger partial charge in [-0.15, -0.1) is 0 Å². The molecule has 0 saturated heterocycles. The summed E-state index contributed by atoms with van der Waals surface area (Å²) in [4.78, 5) is 23.2. The summed E-state index contributed by atoms with van der Waals surface area (Å²) in [6, 6.07) is 7.07. The zero-order valence-corrected chi connectivity index (χ0v) is 14.4. The van der Waals surface area contributed by atoms with Gasteiger partial charge in [0.2, 0.25) is 11.8 Å². The van der Waals surface area contributed by atoms with Gasteiger partial charge in [0.25, 0.3) is 0 Å². The summed E-state index contributed by atoms with van der Waals surface area (Å²) in [5, 5.41) is 14.9. The summed E-state index contributed by atoms with van der Waals surface area (Å²) in [5.74, 6) is 0.374. The fraction of sp³-hybridized carbons (Fsp3) is 0.444. The van der Waals surface area contributed by atoms with Crippen LogP contribution in [0.15, 0.2) is 36.4 Å². The predicted molar refractivity (Wildman–Crippen MR) is 91.9 cm³/mol. The van der Waals surface area contributed by atoms with Crippen molar-refractivity contribution in [1.29, 1.82) is 0 Å². The molecule has 1 heterocycles. The van der Waals surface area contributed by atoms with Crippen LogP contribution < -0.4 is 15.4 Å². The minimum atomic E-state index is -0.565. The molecule has 2 amide bonds. The summed E-state index contributed by atoms with van der Waals surface area (Å²) < 4.78 is 10.8. The Kier molecular flexibility index (Phi) is 6.97. The van der Waals surface area contributed by atoms with E-state index in [1.54, 1.807) is 19.3 Å². The van der Waals surface area contributed by atoms with Crippen LogP contribution in [0.5, 0.6) is 5.75 Å². The van der Waals surface area contributed by atoms with E-state index in [4.69, 9.17) is 9.47 Å². The number of nitrogens with one attached hydrogen (secondary N) is 2. The van der Waals surface area contributed by atoms with Crippen LogP contribution in [0.25, 0.3) is 0 Å². The van der Waals surface area contributed by atoms with Crippen molar-refractivity contribution in [3.63, 3.8) is 0 Å². The van der Waals surface area contributed by atoms with Gasteiger partial charge in [0.1, 0.15) is 11.9 Å². The molecule has 0 spiro atoms. The molecule has 0 saturated carbocycles.